The minimum atomic E-state index is -1.86. The molecule has 0 aromatic heterocycles. The second-order valence-electron chi connectivity index (χ2n) is 4.16. The van der Waals surface area contributed by atoms with Crippen molar-refractivity contribution in [2.75, 3.05) is 0 Å². The zero-order valence-corrected chi connectivity index (χ0v) is 12.0. The van der Waals surface area contributed by atoms with Gasteiger partial charge < -0.3 is 0 Å². The Labute approximate surface area is 131 Å². The molecule has 0 amide bonds. The van der Waals surface area contributed by atoms with Crippen LogP contribution in [0, 0.1) is 0 Å². The summed E-state index contributed by atoms with van der Waals surface area (Å²) in [6.45, 7) is 0. The summed E-state index contributed by atoms with van der Waals surface area (Å²) < 4.78 is -0.748. The lowest BCUT2D eigenvalue weighted by Gasteiger charge is -2.54. The molecule has 18 heavy (non-hydrogen) atoms. The molecule has 0 unspecified atom stereocenters. The lowest BCUT2D eigenvalue weighted by Crippen LogP contribution is -2.53. The smallest absolute Gasteiger partial charge is 0.0853 e. The second kappa shape index (κ2) is 5.48. The minimum absolute atomic E-state index is 0.733. The van der Waals surface area contributed by atoms with Crippen LogP contribution in [0.1, 0.15) is 0 Å². The van der Waals surface area contributed by atoms with Crippen LogP contribution in [0.15, 0.2) is 33.6 Å². The Morgan fingerprint density at radius 2 is 1.17 bits per heavy atom. The maximum Gasteiger partial charge on any atom is 0.0853 e. The maximum absolute atomic E-state index is 6.02. The molecule has 14 radical (unpaired) electrons. The van der Waals surface area contributed by atoms with Crippen molar-refractivity contribution in [1.82, 2.24) is 0 Å². The van der Waals surface area contributed by atoms with Gasteiger partial charge >= 0.3 is 0 Å². The third kappa shape index (κ3) is 3.53. The van der Waals surface area contributed by atoms with E-state index in [4.69, 9.17) is 54.9 Å². The molecule has 0 heterocycles. The van der Waals surface area contributed by atoms with Crippen molar-refractivity contribution in [2.45, 2.75) is 19.8 Å². The van der Waals surface area contributed by atoms with Crippen LogP contribution >= 0.6 is 27.7 Å². The summed E-state index contributed by atoms with van der Waals surface area (Å²) in [5.74, 6) is 0. The highest BCUT2D eigenvalue weighted by Crippen LogP contribution is 2.52. The van der Waals surface area contributed by atoms with E-state index in [1.165, 1.54) is 0 Å². The van der Waals surface area contributed by atoms with Gasteiger partial charge in [0.05, 0.1) is 54.9 Å². The highest BCUT2D eigenvalue weighted by atomic mass is 79.9. The quantitative estimate of drug-likeness (QED) is 0.578. The molecule has 0 bridgehead atoms. The van der Waals surface area contributed by atoms with Gasteiger partial charge in [-0.25, -0.2) is 0 Å². The first-order chi connectivity index (χ1) is 7.97. The average molecular weight is 300 g/mol. The predicted molar refractivity (Wildman–Crippen MR) is 88.4 cm³/mol. The monoisotopic (exact) mass is 300 g/mol. The van der Waals surface area contributed by atoms with Gasteiger partial charge in [0.25, 0.3) is 0 Å². The number of hydrogen-bond acceptors (Lipinski definition) is 1. The van der Waals surface area contributed by atoms with E-state index in [0.717, 1.165) is 21.1 Å². The van der Waals surface area contributed by atoms with Crippen molar-refractivity contribution in [1.29, 1.82) is 0 Å². The second-order valence-corrected chi connectivity index (χ2v) is 6.39. The highest BCUT2D eigenvalue weighted by Gasteiger charge is 2.43. The molecule has 0 fully saturated rings. The molecule has 0 saturated carbocycles. The maximum atomic E-state index is 6.02. The molecule has 0 aliphatic heterocycles. The molecule has 1 aromatic carbocycles. The van der Waals surface area contributed by atoms with Gasteiger partial charge in [0, 0.05) is 9.37 Å². The van der Waals surface area contributed by atoms with Crippen molar-refractivity contribution < 1.29 is 0 Å². The molecular weight excluding hydrogens is 296 g/mol. The summed E-state index contributed by atoms with van der Waals surface area (Å²) >= 11 is 4.34. The van der Waals surface area contributed by atoms with Crippen LogP contribution in [-0.2, 0) is 0 Å². The van der Waals surface area contributed by atoms with Gasteiger partial charge in [0.1, 0.15) is 0 Å². The van der Waals surface area contributed by atoms with E-state index < -0.39 is 14.9 Å². The number of rotatable bonds is 4. The molecule has 0 N–H and O–H groups in total. The molecule has 0 spiro atoms. The fourth-order valence-corrected chi connectivity index (χ4v) is 2.50. The fraction of sp³-hybridized carbons (Fsp3) is 0.333. The van der Waals surface area contributed by atoms with Crippen LogP contribution in [-0.4, -0.2) is 59.6 Å². The summed E-state index contributed by atoms with van der Waals surface area (Å²) in [7, 11) is 39.9. The molecule has 1 aromatic rings. The van der Waals surface area contributed by atoms with Gasteiger partial charge in [0.15, 0.2) is 0 Å². The lowest BCUT2D eigenvalue weighted by atomic mass is 9.21. The Kier molecular flexibility index (Phi) is 5.04. The van der Waals surface area contributed by atoms with Crippen LogP contribution < -0.4 is 0 Å². The van der Waals surface area contributed by atoms with Crippen LogP contribution in [0.5, 0.6) is 0 Å². The first kappa shape index (κ1) is 16.6. The van der Waals surface area contributed by atoms with Crippen molar-refractivity contribution in [3.05, 3.63) is 28.7 Å². The summed E-state index contributed by atoms with van der Waals surface area (Å²) in [6, 6.07) is 7.21. The highest BCUT2D eigenvalue weighted by molar-refractivity contribution is 9.10. The van der Waals surface area contributed by atoms with Crippen LogP contribution in [0.4, 0.5) is 0 Å². The van der Waals surface area contributed by atoms with Crippen molar-refractivity contribution in [3.63, 3.8) is 0 Å². The molecule has 0 aliphatic carbocycles. The summed E-state index contributed by atoms with van der Waals surface area (Å²) in [4.78, 5) is 0.733. The zero-order chi connectivity index (χ0) is 14.2. The number of benzene rings is 1. The van der Waals surface area contributed by atoms with E-state index in [0.29, 0.717) is 0 Å². The van der Waals surface area contributed by atoms with E-state index in [1.807, 2.05) is 12.1 Å². The molecule has 9 heteroatoms. The van der Waals surface area contributed by atoms with E-state index in [1.54, 1.807) is 12.1 Å². The Morgan fingerprint density at radius 1 is 0.778 bits per heavy atom. The fourth-order valence-electron chi connectivity index (χ4n) is 1.24. The number of hydrogen-bond donors (Lipinski definition) is 0. The van der Waals surface area contributed by atoms with Gasteiger partial charge in [-0.3, -0.25) is 0 Å². The Bertz CT molecular complexity index is 394. The molecule has 1 rings (SSSR count). The molecular formula is C9H4B7BrS. The predicted octanol–water partition coefficient (Wildman–Crippen LogP) is 0.564. The van der Waals surface area contributed by atoms with Crippen LogP contribution in [0.25, 0.3) is 0 Å². The molecule has 74 valence electrons. The number of thioether (sulfide) groups is 1. The Hall–Kier alpha value is 0.505. The first-order valence-electron chi connectivity index (χ1n) is 4.94. The third-order valence-electron chi connectivity index (χ3n) is 2.38. The zero-order valence-electron chi connectivity index (χ0n) is 9.64. The molecule has 0 atom stereocenters. The standard InChI is InChI=1S/C9H4B7BrS/c10-7(8(11,12)13,9(14,15)16)18-6-3-1-5(17)2-4-6/h1-4H. The van der Waals surface area contributed by atoms with Gasteiger partial charge in [0.2, 0.25) is 0 Å². The van der Waals surface area contributed by atoms with E-state index in [2.05, 4.69) is 15.9 Å². The van der Waals surface area contributed by atoms with Gasteiger partial charge in [-0.1, -0.05) is 20.6 Å². The van der Waals surface area contributed by atoms with Crippen molar-refractivity contribution in [3.8, 4) is 0 Å². The first-order valence-corrected chi connectivity index (χ1v) is 6.55. The summed E-state index contributed by atoms with van der Waals surface area (Å²) in [5.41, 5.74) is 0. The number of halogens is 1. The van der Waals surface area contributed by atoms with E-state index >= 15 is 0 Å². The SMILES string of the molecule is [B]C([B])([B])C([B])(Sc1ccc(Br)cc1)C([B])([B])[B]. The van der Waals surface area contributed by atoms with Gasteiger partial charge in [-0.15, -0.1) is 22.0 Å². The normalized spacial score (nSPS) is 13.4. The van der Waals surface area contributed by atoms with Gasteiger partial charge in [-0.05, 0) is 24.3 Å². The van der Waals surface area contributed by atoms with Crippen LogP contribution in [0.2, 0.25) is 10.2 Å². The molecule has 0 nitrogen and oxygen atoms in total. The topological polar surface area (TPSA) is 0 Å². The Morgan fingerprint density at radius 3 is 1.50 bits per heavy atom. The van der Waals surface area contributed by atoms with Crippen molar-refractivity contribution in [2.24, 2.45) is 0 Å². The molecule has 0 saturated heterocycles. The lowest BCUT2D eigenvalue weighted by molar-refractivity contribution is 0.805. The van der Waals surface area contributed by atoms with E-state index in [-0.39, 0.29) is 0 Å². The van der Waals surface area contributed by atoms with Gasteiger partial charge in [-0.2, -0.15) is 0 Å². The average Bonchev–Trinajstić information content (AvgIpc) is 2.18. The van der Waals surface area contributed by atoms with E-state index in [9.17, 15) is 0 Å². The minimum Gasteiger partial charge on any atom is -0.132 e. The molecule has 0 aliphatic rings. The van der Waals surface area contributed by atoms with Crippen molar-refractivity contribution >= 4 is 82.6 Å². The third-order valence-corrected chi connectivity index (χ3v) is 4.44. The largest absolute Gasteiger partial charge is 0.132 e. The summed E-state index contributed by atoms with van der Waals surface area (Å²) in [5, 5.41) is -3.72. The Balaban J connectivity index is 3.12. The summed E-state index contributed by atoms with van der Waals surface area (Å²) in [6.07, 6.45) is 0. The van der Waals surface area contributed by atoms with Crippen LogP contribution in [0.3, 0.4) is 0 Å².